The lowest BCUT2D eigenvalue weighted by Crippen LogP contribution is -2.20. The Hall–Kier alpha value is -2.22. The van der Waals surface area contributed by atoms with Crippen LogP contribution in [0.5, 0.6) is 0 Å². The van der Waals surface area contributed by atoms with Crippen LogP contribution in [0.3, 0.4) is 0 Å². The number of benzene rings is 1. The summed E-state index contributed by atoms with van der Waals surface area (Å²) >= 11 is 5.76. The van der Waals surface area contributed by atoms with E-state index in [9.17, 15) is 9.50 Å². The number of nitrogens with zero attached hydrogens (tertiary/aromatic N) is 3. The largest absolute Gasteiger partial charge is 0.386 e. The van der Waals surface area contributed by atoms with Gasteiger partial charge in [0.2, 0.25) is 0 Å². The molecule has 130 valence electrons. The molecule has 3 unspecified atom stereocenters. The smallest absolute Gasteiger partial charge is 0.147 e. The van der Waals surface area contributed by atoms with Crippen molar-refractivity contribution in [2.45, 2.75) is 31.3 Å². The number of hydrogen-bond acceptors (Lipinski definition) is 5. The summed E-state index contributed by atoms with van der Waals surface area (Å²) < 4.78 is 21.9. The number of anilines is 1. The molecule has 25 heavy (non-hydrogen) atoms. The van der Waals surface area contributed by atoms with Crippen molar-refractivity contribution in [2.75, 3.05) is 5.73 Å². The van der Waals surface area contributed by atoms with Crippen LogP contribution in [-0.4, -0.2) is 25.7 Å². The van der Waals surface area contributed by atoms with E-state index >= 15 is 0 Å². The van der Waals surface area contributed by atoms with Gasteiger partial charge in [0.15, 0.2) is 0 Å². The Kier molecular flexibility index (Phi) is 4.07. The average molecular weight is 363 g/mol. The maximum Gasteiger partial charge on any atom is 0.147 e. The maximum absolute atomic E-state index is 14.0. The van der Waals surface area contributed by atoms with Crippen molar-refractivity contribution >= 4 is 28.5 Å². The van der Waals surface area contributed by atoms with E-state index in [1.54, 1.807) is 6.07 Å². The Morgan fingerprint density at radius 2 is 2.16 bits per heavy atom. The van der Waals surface area contributed by atoms with Crippen LogP contribution in [0.2, 0.25) is 5.02 Å². The molecule has 1 aliphatic heterocycles. The summed E-state index contributed by atoms with van der Waals surface area (Å²) in [6.45, 7) is 0. The predicted molar refractivity (Wildman–Crippen MR) is 91.5 cm³/mol. The first-order valence-corrected chi connectivity index (χ1v) is 8.28. The molecule has 0 bridgehead atoms. The molecule has 3 aromatic rings. The molecule has 3 atom stereocenters. The first kappa shape index (κ1) is 16.3. The third kappa shape index (κ3) is 2.84. The van der Waals surface area contributed by atoms with E-state index in [1.165, 1.54) is 18.5 Å². The number of hydrogen-bond donors (Lipinski definition) is 2. The summed E-state index contributed by atoms with van der Waals surface area (Å²) in [7, 11) is 0. The molecule has 4 rings (SSSR count). The van der Waals surface area contributed by atoms with E-state index in [1.807, 2.05) is 16.8 Å². The molecular formula is C17H16ClFN4O2. The molecule has 3 heterocycles. The fourth-order valence-corrected chi connectivity index (χ4v) is 3.40. The highest BCUT2D eigenvalue weighted by atomic mass is 35.5. The average Bonchev–Trinajstić information content (AvgIpc) is 3.21. The summed E-state index contributed by atoms with van der Waals surface area (Å²) in [5.41, 5.74) is 6.70. The Balaban J connectivity index is 1.57. The van der Waals surface area contributed by atoms with Gasteiger partial charge in [-0.05, 0) is 31.0 Å². The Morgan fingerprint density at radius 3 is 2.96 bits per heavy atom. The zero-order valence-electron chi connectivity index (χ0n) is 13.1. The van der Waals surface area contributed by atoms with Crippen molar-refractivity contribution in [1.29, 1.82) is 0 Å². The van der Waals surface area contributed by atoms with Crippen molar-refractivity contribution < 1.29 is 14.2 Å². The molecular weight excluding hydrogens is 347 g/mol. The molecule has 0 aliphatic carbocycles. The Labute approximate surface area is 148 Å². The number of rotatable bonds is 3. The van der Waals surface area contributed by atoms with Gasteiger partial charge in [0.25, 0.3) is 0 Å². The lowest BCUT2D eigenvalue weighted by molar-refractivity contribution is -0.0600. The zero-order valence-corrected chi connectivity index (χ0v) is 13.9. The third-order valence-corrected chi connectivity index (χ3v) is 4.75. The van der Waals surface area contributed by atoms with E-state index in [2.05, 4.69) is 9.97 Å². The van der Waals surface area contributed by atoms with E-state index in [-0.39, 0.29) is 16.8 Å². The number of halogens is 2. The standard InChI is InChI=1S/C17H16ClFN4O2/c18-9-1-2-10(12(19)7-9)15(24)13-3-4-14(25-13)23-6-5-11-16(20)21-8-22-17(11)23/h1-2,5-8,13-15,24H,3-4H2,(H2,20,21,22). The van der Waals surface area contributed by atoms with Crippen LogP contribution < -0.4 is 5.73 Å². The van der Waals surface area contributed by atoms with Gasteiger partial charge in [0.05, 0.1) is 11.5 Å². The van der Waals surface area contributed by atoms with Gasteiger partial charge in [-0.15, -0.1) is 0 Å². The number of fused-ring (bicyclic) bond motifs is 1. The van der Waals surface area contributed by atoms with Gasteiger partial charge in [-0.3, -0.25) is 0 Å². The van der Waals surface area contributed by atoms with Crippen LogP contribution in [0.1, 0.15) is 30.7 Å². The number of aliphatic hydroxyl groups excluding tert-OH is 1. The molecule has 2 aromatic heterocycles. The van der Waals surface area contributed by atoms with E-state index in [4.69, 9.17) is 22.1 Å². The second-order valence-corrected chi connectivity index (χ2v) is 6.47. The summed E-state index contributed by atoms with van der Waals surface area (Å²) in [5, 5.41) is 11.5. The molecule has 0 radical (unpaired) electrons. The van der Waals surface area contributed by atoms with E-state index in [0.29, 0.717) is 24.3 Å². The normalized spacial score (nSPS) is 21.7. The molecule has 0 spiro atoms. The number of ether oxygens (including phenoxy) is 1. The zero-order chi connectivity index (χ0) is 17.6. The monoisotopic (exact) mass is 362 g/mol. The van der Waals surface area contributed by atoms with Crippen molar-refractivity contribution in [3.05, 3.63) is 53.2 Å². The van der Waals surface area contributed by atoms with Gasteiger partial charge in [-0.25, -0.2) is 14.4 Å². The van der Waals surface area contributed by atoms with Gasteiger partial charge in [-0.1, -0.05) is 17.7 Å². The minimum atomic E-state index is -1.07. The van der Waals surface area contributed by atoms with Crippen LogP contribution in [0.4, 0.5) is 10.2 Å². The number of nitrogens with two attached hydrogens (primary N) is 1. The van der Waals surface area contributed by atoms with Crippen molar-refractivity contribution in [1.82, 2.24) is 14.5 Å². The highest BCUT2D eigenvalue weighted by Gasteiger charge is 2.34. The number of nitrogen functional groups attached to an aromatic ring is 1. The lowest BCUT2D eigenvalue weighted by Gasteiger charge is -2.21. The quantitative estimate of drug-likeness (QED) is 0.747. The van der Waals surface area contributed by atoms with Gasteiger partial charge in [-0.2, -0.15) is 0 Å². The molecule has 1 fully saturated rings. The van der Waals surface area contributed by atoms with Gasteiger partial charge < -0.3 is 20.1 Å². The number of aromatic nitrogens is 3. The summed E-state index contributed by atoms with van der Waals surface area (Å²) in [5.74, 6) is -0.138. The Morgan fingerprint density at radius 1 is 1.32 bits per heavy atom. The van der Waals surface area contributed by atoms with Crippen LogP contribution in [-0.2, 0) is 4.74 Å². The minimum Gasteiger partial charge on any atom is -0.386 e. The molecule has 3 N–H and O–H groups in total. The summed E-state index contributed by atoms with van der Waals surface area (Å²) in [6.07, 6.45) is 2.61. The van der Waals surface area contributed by atoms with Crippen LogP contribution in [0.15, 0.2) is 36.8 Å². The Bertz CT molecular complexity index is 932. The second kappa shape index (κ2) is 6.25. The van der Waals surface area contributed by atoms with Crippen LogP contribution in [0.25, 0.3) is 11.0 Å². The highest BCUT2D eigenvalue weighted by molar-refractivity contribution is 6.30. The van der Waals surface area contributed by atoms with Crippen molar-refractivity contribution in [3.63, 3.8) is 0 Å². The van der Waals surface area contributed by atoms with E-state index < -0.39 is 18.0 Å². The third-order valence-electron chi connectivity index (χ3n) is 4.51. The summed E-state index contributed by atoms with van der Waals surface area (Å²) in [6, 6.07) is 6.05. The fourth-order valence-electron chi connectivity index (χ4n) is 3.25. The molecule has 1 saturated heterocycles. The fraction of sp³-hybridized carbons (Fsp3) is 0.294. The molecule has 1 aliphatic rings. The molecule has 6 nitrogen and oxygen atoms in total. The predicted octanol–water partition coefficient (Wildman–Crippen LogP) is 3.22. The lowest BCUT2D eigenvalue weighted by atomic mass is 10.0. The maximum atomic E-state index is 14.0. The number of aliphatic hydroxyl groups is 1. The van der Waals surface area contributed by atoms with E-state index in [0.717, 1.165) is 5.39 Å². The highest BCUT2D eigenvalue weighted by Crippen LogP contribution is 2.37. The van der Waals surface area contributed by atoms with Gasteiger partial charge in [0, 0.05) is 16.8 Å². The first-order valence-electron chi connectivity index (χ1n) is 7.90. The van der Waals surface area contributed by atoms with Crippen molar-refractivity contribution in [3.8, 4) is 0 Å². The topological polar surface area (TPSA) is 86.2 Å². The molecule has 8 heteroatoms. The first-order chi connectivity index (χ1) is 12.0. The summed E-state index contributed by atoms with van der Waals surface area (Å²) in [4.78, 5) is 8.22. The SMILES string of the molecule is Nc1ncnc2c1ccn2C1CCC(C(O)c2ccc(Cl)cc2F)O1. The van der Waals surface area contributed by atoms with Crippen LogP contribution >= 0.6 is 11.6 Å². The second-order valence-electron chi connectivity index (χ2n) is 6.04. The van der Waals surface area contributed by atoms with Gasteiger partial charge >= 0.3 is 0 Å². The molecule has 1 aromatic carbocycles. The molecule has 0 amide bonds. The van der Waals surface area contributed by atoms with Crippen molar-refractivity contribution in [2.24, 2.45) is 0 Å². The molecule has 0 saturated carbocycles. The van der Waals surface area contributed by atoms with Gasteiger partial charge in [0.1, 0.15) is 35.9 Å². The minimum absolute atomic E-state index is 0.180. The van der Waals surface area contributed by atoms with Crippen LogP contribution in [0, 0.1) is 5.82 Å².